The summed E-state index contributed by atoms with van der Waals surface area (Å²) in [6.07, 6.45) is 5.40. The van der Waals surface area contributed by atoms with Crippen molar-refractivity contribution < 1.29 is 9.47 Å². The van der Waals surface area contributed by atoms with Crippen LogP contribution in [0.4, 0.5) is 0 Å². The molecule has 0 amide bonds. The Morgan fingerprint density at radius 2 is 1.76 bits per heavy atom. The zero-order valence-corrected chi connectivity index (χ0v) is 21.7. The molecular weight excluding hydrogens is 468 g/mol. The van der Waals surface area contributed by atoms with E-state index in [9.17, 15) is 4.79 Å². The Hall–Kier alpha value is -3.72. The molecule has 1 fully saturated rings. The first kappa shape index (κ1) is 25.0. The lowest BCUT2D eigenvalue weighted by molar-refractivity contribution is 0.158. The van der Waals surface area contributed by atoms with Crippen LogP contribution in [0.3, 0.4) is 0 Å². The molecule has 1 unspecified atom stereocenters. The van der Waals surface area contributed by atoms with Gasteiger partial charge in [-0.25, -0.2) is 4.68 Å². The van der Waals surface area contributed by atoms with Gasteiger partial charge in [-0.2, -0.15) is 0 Å². The third-order valence-corrected chi connectivity index (χ3v) is 7.36. The number of pyridine rings is 1. The lowest BCUT2D eigenvalue weighted by Crippen LogP contribution is -2.32. The number of fused-ring (bicyclic) bond motifs is 1. The SMILES string of the molecule is CCC(c1nnnn1C1CCCC1)N(Cc1ccc(OC)cc1)Cc1cc2cc(OC)ccc2[nH]c1=O. The van der Waals surface area contributed by atoms with Crippen LogP contribution in [0.15, 0.2) is 53.3 Å². The first-order chi connectivity index (χ1) is 18.1. The predicted octanol–water partition coefficient (Wildman–Crippen LogP) is 4.80. The highest BCUT2D eigenvalue weighted by molar-refractivity contribution is 5.80. The number of nitrogens with one attached hydrogen (secondary N) is 1. The molecular formula is C28H34N6O3. The van der Waals surface area contributed by atoms with Gasteiger partial charge in [-0.1, -0.05) is 31.9 Å². The second-order valence-electron chi connectivity index (χ2n) is 9.67. The Bertz CT molecular complexity index is 1390. The van der Waals surface area contributed by atoms with Gasteiger partial charge < -0.3 is 14.5 Å². The van der Waals surface area contributed by atoms with Gasteiger partial charge >= 0.3 is 0 Å². The first-order valence-corrected chi connectivity index (χ1v) is 12.9. The van der Waals surface area contributed by atoms with E-state index in [4.69, 9.17) is 9.47 Å². The van der Waals surface area contributed by atoms with Crippen LogP contribution in [-0.4, -0.2) is 44.3 Å². The van der Waals surface area contributed by atoms with Crippen molar-refractivity contribution in [3.63, 3.8) is 0 Å². The van der Waals surface area contributed by atoms with Gasteiger partial charge in [0.25, 0.3) is 5.56 Å². The number of H-pyrrole nitrogens is 1. The van der Waals surface area contributed by atoms with Crippen molar-refractivity contribution in [2.24, 2.45) is 0 Å². The molecule has 1 N–H and O–H groups in total. The van der Waals surface area contributed by atoms with Crippen LogP contribution in [0.2, 0.25) is 0 Å². The van der Waals surface area contributed by atoms with Crippen molar-refractivity contribution in [1.82, 2.24) is 30.1 Å². The Balaban J connectivity index is 1.53. The van der Waals surface area contributed by atoms with Crippen LogP contribution >= 0.6 is 0 Å². The third kappa shape index (κ3) is 5.36. The Labute approximate surface area is 216 Å². The van der Waals surface area contributed by atoms with Gasteiger partial charge in [-0.3, -0.25) is 9.69 Å². The molecule has 2 aromatic heterocycles. The lowest BCUT2D eigenvalue weighted by Gasteiger charge is -2.31. The predicted molar refractivity (Wildman–Crippen MR) is 142 cm³/mol. The third-order valence-electron chi connectivity index (χ3n) is 7.36. The van der Waals surface area contributed by atoms with E-state index in [-0.39, 0.29) is 11.6 Å². The molecule has 2 aromatic carbocycles. The Morgan fingerprint density at radius 1 is 1.03 bits per heavy atom. The fraction of sp³-hybridized carbons (Fsp3) is 0.429. The minimum absolute atomic E-state index is 0.0573. The molecule has 0 bridgehead atoms. The molecule has 37 heavy (non-hydrogen) atoms. The van der Waals surface area contributed by atoms with Crippen molar-refractivity contribution in [3.8, 4) is 11.5 Å². The molecule has 194 valence electrons. The van der Waals surface area contributed by atoms with E-state index in [2.05, 4.69) is 44.5 Å². The molecule has 1 aliphatic carbocycles. The number of benzene rings is 2. The van der Waals surface area contributed by atoms with Crippen LogP contribution in [-0.2, 0) is 13.1 Å². The smallest absolute Gasteiger partial charge is 0.252 e. The van der Waals surface area contributed by atoms with Crippen molar-refractivity contribution in [2.75, 3.05) is 14.2 Å². The van der Waals surface area contributed by atoms with E-state index < -0.39 is 0 Å². The number of rotatable bonds is 10. The molecule has 9 nitrogen and oxygen atoms in total. The Morgan fingerprint density at radius 3 is 2.46 bits per heavy atom. The van der Waals surface area contributed by atoms with E-state index in [1.165, 1.54) is 12.8 Å². The van der Waals surface area contributed by atoms with Crippen LogP contribution in [0.5, 0.6) is 11.5 Å². The van der Waals surface area contributed by atoms with E-state index in [1.54, 1.807) is 14.2 Å². The summed E-state index contributed by atoms with van der Waals surface area (Å²) in [6.45, 7) is 3.23. The van der Waals surface area contributed by atoms with Gasteiger partial charge in [0.05, 0.1) is 26.3 Å². The summed E-state index contributed by atoms with van der Waals surface area (Å²) < 4.78 is 12.8. The molecule has 5 rings (SSSR count). The summed E-state index contributed by atoms with van der Waals surface area (Å²) in [5, 5.41) is 13.9. The van der Waals surface area contributed by atoms with E-state index in [0.29, 0.717) is 24.7 Å². The largest absolute Gasteiger partial charge is 0.497 e. The second-order valence-corrected chi connectivity index (χ2v) is 9.67. The number of methoxy groups -OCH3 is 2. The fourth-order valence-electron chi connectivity index (χ4n) is 5.37. The topological polar surface area (TPSA) is 98.2 Å². The average Bonchev–Trinajstić information content (AvgIpc) is 3.62. The van der Waals surface area contributed by atoms with Crippen molar-refractivity contribution in [1.29, 1.82) is 0 Å². The lowest BCUT2D eigenvalue weighted by atomic mass is 10.1. The van der Waals surface area contributed by atoms with Gasteiger partial charge in [-0.05, 0) is 71.7 Å². The molecule has 0 radical (unpaired) electrons. The minimum atomic E-state index is -0.0948. The Kier molecular flexibility index (Phi) is 7.50. The average molecular weight is 503 g/mol. The molecule has 1 atom stereocenters. The summed E-state index contributed by atoms with van der Waals surface area (Å²) in [5.41, 5.74) is 2.50. The number of tetrazole rings is 1. The molecule has 0 saturated heterocycles. The van der Waals surface area contributed by atoms with E-state index >= 15 is 0 Å². The monoisotopic (exact) mass is 502 g/mol. The molecule has 0 aliphatic heterocycles. The number of hydrogen-bond acceptors (Lipinski definition) is 7. The number of aromatic nitrogens is 5. The number of hydrogen-bond donors (Lipinski definition) is 1. The van der Waals surface area contributed by atoms with Crippen LogP contribution in [0.1, 0.15) is 68.1 Å². The quantitative estimate of drug-likeness (QED) is 0.333. The van der Waals surface area contributed by atoms with Gasteiger partial charge in [0.1, 0.15) is 11.5 Å². The minimum Gasteiger partial charge on any atom is -0.497 e. The normalized spacial score (nSPS) is 14.9. The van der Waals surface area contributed by atoms with Gasteiger partial charge in [0.15, 0.2) is 5.82 Å². The van der Waals surface area contributed by atoms with Crippen molar-refractivity contribution in [3.05, 3.63) is 75.8 Å². The zero-order valence-electron chi connectivity index (χ0n) is 21.7. The zero-order chi connectivity index (χ0) is 25.8. The van der Waals surface area contributed by atoms with Gasteiger partial charge in [0, 0.05) is 29.6 Å². The second kappa shape index (κ2) is 11.1. The number of ether oxygens (including phenoxy) is 2. The molecule has 9 heteroatoms. The fourth-order valence-corrected chi connectivity index (χ4v) is 5.37. The molecule has 2 heterocycles. The van der Waals surface area contributed by atoms with Gasteiger partial charge in [-0.15, -0.1) is 5.10 Å². The first-order valence-electron chi connectivity index (χ1n) is 12.9. The summed E-state index contributed by atoms with van der Waals surface area (Å²) in [5.74, 6) is 2.43. The summed E-state index contributed by atoms with van der Waals surface area (Å²) >= 11 is 0. The highest BCUT2D eigenvalue weighted by Crippen LogP contribution is 2.33. The van der Waals surface area contributed by atoms with E-state index in [0.717, 1.165) is 53.1 Å². The summed E-state index contributed by atoms with van der Waals surface area (Å²) in [7, 11) is 3.31. The maximum Gasteiger partial charge on any atom is 0.252 e. The molecule has 1 saturated carbocycles. The molecule has 1 aliphatic rings. The molecule has 4 aromatic rings. The highest BCUT2D eigenvalue weighted by Gasteiger charge is 2.29. The van der Waals surface area contributed by atoms with Crippen LogP contribution < -0.4 is 15.0 Å². The van der Waals surface area contributed by atoms with E-state index in [1.807, 2.05) is 41.1 Å². The maximum atomic E-state index is 13.2. The van der Waals surface area contributed by atoms with Crippen molar-refractivity contribution >= 4 is 10.9 Å². The standard InChI is InChI=1S/C28H34N6O3/c1-4-26(27-30-31-32-34(27)22-7-5-6-8-22)33(17-19-9-11-23(36-2)12-10-19)18-21-15-20-16-24(37-3)13-14-25(20)29-28(21)35/h9-16,22,26H,4-8,17-18H2,1-3H3,(H,29,35). The summed E-state index contributed by atoms with van der Waals surface area (Å²) in [6, 6.07) is 16.0. The maximum absolute atomic E-state index is 13.2. The highest BCUT2D eigenvalue weighted by atomic mass is 16.5. The van der Waals surface area contributed by atoms with Crippen LogP contribution in [0.25, 0.3) is 10.9 Å². The van der Waals surface area contributed by atoms with Crippen molar-refractivity contribution in [2.45, 2.75) is 64.2 Å². The number of nitrogens with zero attached hydrogens (tertiary/aromatic N) is 5. The van der Waals surface area contributed by atoms with Crippen LogP contribution in [0, 0.1) is 0 Å². The van der Waals surface area contributed by atoms with Gasteiger partial charge in [0.2, 0.25) is 0 Å². The molecule has 0 spiro atoms. The summed E-state index contributed by atoms with van der Waals surface area (Å²) in [4.78, 5) is 18.5. The number of aromatic amines is 1.